The van der Waals surface area contributed by atoms with Gasteiger partial charge in [0.1, 0.15) is 6.61 Å². The summed E-state index contributed by atoms with van der Waals surface area (Å²) in [7, 11) is 0. The monoisotopic (exact) mass is 236 g/mol. The van der Waals surface area contributed by atoms with Gasteiger partial charge in [-0.25, -0.2) is 0 Å². The van der Waals surface area contributed by atoms with Crippen LogP contribution in [0.4, 0.5) is 5.69 Å². The molecule has 4 heteroatoms. The third-order valence-corrected chi connectivity index (χ3v) is 2.28. The molecule has 4 nitrogen and oxygen atoms in total. The number of carbonyl (C=O) groups is 1. The molecule has 94 valence electrons. The van der Waals surface area contributed by atoms with E-state index in [1.54, 1.807) is 0 Å². The van der Waals surface area contributed by atoms with Crippen LogP contribution in [0.3, 0.4) is 0 Å². The molecule has 0 aliphatic carbocycles. The second-order valence-electron chi connectivity index (χ2n) is 3.82. The highest BCUT2D eigenvalue weighted by Gasteiger charge is 2.01. The van der Waals surface area contributed by atoms with Gasteiger partial charge in [-0.05, 0) is 37.9 Å². The topological polar surface area (TPSA) is 64.3 Å². The SMILES string of the molecule is NCCCCCOCC(=O)Nc1ccccc1. The van der Waals surface area contributed by atoms with Crippen LogP contribution >= 0.6 is 0 Å². The first-order valence-electron chi connectivity index (χ1n) is 5.95. The van der Waals surface area contributed by atoms with E-state index < -0.39 is 0 Å². The molecular weight excluding hydrogens is 216 g/mol. The van der Waals surface area contributed by atoms with E-state index in [9.17, 15) is 4.79 Å². The zero-order valence-electron chi connectivity index (χ0n) is 10.0. The summed E-state index contributed by atoms with van der Waals surface area (Å²) < 4.78 is 5.26. The highest BCUT2D eigenvalue weighted by atomic mass is 16.5. The number of carbonyl (C=O) groups excluding carboxylic acids is 1. The molecule has 17 heavy (non-hydrogen) atoms. The van der Waals surface area contributed by atoms with Crippen LogP contribution < -0.4 is 11.1 Å². The number of unbranched alkanes of at least 4 members (excludes halogenated alkanes) is 2. The van der Waals surface area contributed by atoms with Crippen molar-refractivity contribution in [2.45, 2.75) is 19.3 Å². The van der Waals surface area contributed by atoms with Gasteiger partial charge in [0, 0.05) is 12.3 Å². The Bertz CT molecular complexity index is 314. The summed E-state index contributed by atoms with van der Waals surface area (Å²) >= 11 is 0. The van der Waals surface area contributed by atoms with Gasteiger partial charge in [0.15, 0.2) is 0 Å². The van der Waals surface area contributed by atoms with Crippen LogP contribution in [0.25, 0.3) is 0 Å². The van der Waals surface area contributed by atoms with Gasteiger partial charge in [0.25, 0.3) is 0 Å². The molecule has 0 aliphatic heterocycles. The van der Waals surface area contributed by atoms with Gasteiger partial charge in [-0.15, -0.1) is 0 Å². The molecule has 1 aromatic rings. The average molecular weight is 236 g/mol. The van der Waals surface area contributed by atoms with Crippen molar-refractivity contribution in [3.63, 3.8) is 0 Å². The molecule has 0 unspecified atom stereocenters. The van der Waals surface area contributed by atoms with Crippen LogP contribution in [0, 0.1) is 0 Å². The maximum atomic E-state index is 11.4. The van der Waals surface area contributed by atoms with Crippen LogP contribution in [0.5, 0.6) is 0 Å². The first-order chi connectivity index (χ1) is 8.33. The van der Waals surface area contributed by atoms with Crippen molar-refractivity contribution < 1.29 is 9.53 Å². The molecule has 0 atom stereocenters. The molecule has 1 rings (SSSR count). The number of nitrogens with two attached hydrogens (primary N) is 1. The highest BCUT2D eigenvalue weighted by molar-refractivity contribution is 5.91. The Hall–Kier alpha value is -1.39. The standard InChI is InChI=1S/C13H20N2O2/c14-9-5-2-6-10-17-11-13(16)15-12-7-3-1-4-8-12/h1,3-4,7-8H,2,5-6,9-11,14H2,(H,15,16). The molecule has 0 aliphatic rings. The Morgan fingerprint density at radius 1 is 1.18 bits per heavy atom. The first kappa shape index (κ1) is 13.7. The van der Waals surface area contributed by atoms with E-state index in [1.807, 2.05) is 30.3 Å². The van der Waals surface area contributed by atoms with Crippen molar-refractivity contribution in [2.24, 2.45) is 5.73 Å². The van der Waals surface area contributed by atoms with E-state index in [1.165, 1.54) is 0 Å². The van der Waals surface area contributed by atoms with Crippen LogP contribution in [0.1, 0.15) is 19.3 Å². The quantitative estimate of drug-likeness (QED) is 0.676. The van der Waals surface area contributed by atoms with Crippen molar-refractivity contribution in [1.82, 2.24) is 0 Å². The molecule has 0 radical (unpaired) electrons. The van der Waals surface area contributed by atoms with Crippen molar-refractivity contribution in [2.75, 3.05) is 25.1 Å². The predicted octanol–water partition coefficient (Wildman–Crippen LogP) is 1.77. The van der Waals surface area contributed by atoms with Gasteiger partial charge < -0.3 is 15.8 Å². The van der Waals surface area contributed by atoms with Crippen molar-refractivity contribution in [1.29, 1.82) is 0 Å². The largest absolute Gasteiger partial charge is 0.372 e. The number of ether oxygens (including phenoxy) is 1. The van der Waals surface area contributed by atoms with Gasteiger partial charge in [0.05, 0.1) is 0 Å². The zero-order chi connectivity index (χ0) is 12.3. The van der Waals surface area contributed by atoms with Gasteiger partial charge in [0.2, 0.25) is 5.91 Å². The lowest BCUT2D eigenvalue weighted by Crippen LogP contribution is -2.18. The van der Waals surface area contributed by atoms with Gasteiger partial charge in [-0.1, -0.05) is 18.2 Å². The molecule has 1 aromatic carbocycles. The fraction of sp³-hybridized carbons (Fsp3) is 0.462. The molecule has 0 spiro atoms. The van der Waals surface area contributed by atoms with Gasteiger partial charge >= 0.3 is 0 Å². The number of hydrogen-bond acceptors (Lipinski definition) is 3. The molecule has 0 aromatic heterocycles. The Balaban J connectivity index is 2.06. The molecule has 0 saturated heterocycles. The Labute approximate surface area is 102 Å². The molecule has 0 bridgehead atoms. The Kier molecular flexibility index (Phi) is 7.02. The summed E-state index contributed by atoms with van der Waals surface area (Å²) in [6.45, 7) is 1.44. The van der Waals surface area contributed by atoms with E-state index in [-0.39, 0.29) is 12.5 Å². The second-order valence-corrected chi connectivity index (χ2v) is 3.82. The Morgan fingerprint density at radius 2 is 1.94 bits per heavy atom. The van der Waals surface area contributed by atoms with Crippen molar-refractivity contribution in [3.05, 3.63) is 30.3 Å². The molecule has 1 amide bonds. The van der Waals surface area contributed by atoms with Gasteiger partial charge in [-0.2, -0.15) is 0 Å². The van der Waals surface area contributed by atoms with E-state index in [0.717, 1.165) is 24.9 Å². The molecule has 0 saturated carbocycles. The molecule has 3 N–H and O–H groups in total. The summed E-state index contributed by atoms with van der Waals surface area (Å²) in [6.07, 6.45) is 3.02. The van der Waals surface area contributed by atoms with Gasteiger partial charge in [-0.3, -0.25) is 4.79 Å². The van der Waals surface area contributed by atoms with Crippen molar-refractivity contribution >= 4 is 11.6 Å². The lowest BCUT2D eigenvalue weighted by Gasteiger charge is -2.05. The number of benzene rings is 1. The summed E-state index contributed by atoms with van der Waals surface area (Å²) in [4.78, 5) is 11.4. The summed E-state index contributed by atoms with van der Waals surface area (Å²) in [5.41, 5.74) is 6.17. The van der Waals surface area contributed by atoms with Crippen LogP contribution in [-0.2, 0) is 9.53 Å². The number of nitrogens with one attached hydrogen (secondary N) is 1. The summed E-state index contributed by atoms with van der Waals surface area (Å²) in [5.74, 6) is -0.116. The van der Waals surface area contributed by atoms with Crippen LogP contribution in [-0.4, -0.2) is 25.7 Å². The molecule has 0 fully saturated rings. The molecular formula is C13H20N2O2. The lowest BCUT2D eigenvalue weighted by atomic mass is 10.2. The minimum Gasteiger partial charge on any atom is -0.372 e. The number of rotatable bonds is 8. The Morgan fingerprint density at radius 3 is 2.65 bits per heavy atom. The maximum Gasteiger partial charge on any atom is 0.250 e. The van der Waals surface area contributed by atoms with E-state index in [0.29, 0.717) is 13.2 Å². The minimum atomic E-state index is -0.116. The summed E-state index contributed by atoms with van der Waals surface area (Å²) in [6, 6.07) is 9.36. The van der Waals surface area contributed by atoms with E-state index >= 15 is 0 Å². The minimum absolute atomic E-state index is 0.109. The van der Waals surface area contributed by atoms with E-state index in [4.69, 9.17) is 10.5 Å². The fourth-order valence-corrected chi connectivity index (χ4v) is 1.41. The third kappa shape index (κ3) is 6.71. The molecule has 0 heterocycles. The fourth-order valence-electron chi connectivity index (χ4n) is 1.41. The second kappa shape index (κ2) is 8.73. The lowest BCUT2D eigenvalue weighted by molar-refractivity contribution is -0.120. The number of para-hydroxylation sites is 1. The smallest absolute Gasteiger partial charge is 0.250 e. The van der Waals surface area contributed by atoms with Crippen LogP contribution in [0.2, 0.25) is 0 Å². The average Bonchev–Trinajstić information content (AvgIpc) is 2.35. The number of anilines is 1. The first-order valence-corrected chi connectivity index (χ1v) is 5.95. The number of amides is 1. The maximum absolute atomic E-state index is 11.4. The normalized spacial score (nSPS) is 10.2. The van der Waals surface area contributed by atoms with Crippen LogP contribution in [0.15, 0.2) is 30.3 Å². The van der Waals surface area contributed by atoms with E-state index in [2.05, 4.69) is 5.32 Å². The summed E-state index contributed by atoms with van der Waals surface area (Å²) in [5, 5.41) is 2.76. The number of hydrogen-bond donors (Lipinski definition) is 2. The zero-order valence-corrected chi connectivity index (χ0v) is 10.0. The predicted molar refractivity (Wildman–Crippen MR) is 68.8 cm³/mol. The highest BCUT2D eigenvalue weighted by Crippen LogP contribution is 2.04. The van der Waals surface area contributed by atoms with Crippen molar-refractivity contribution in [3.8, 4) is 0 Å². The third-order valence-electron chi connectivity index (χ3n) is 2.28.